The molecule has 2 aliphatic rings. The van der Waals surface area contributed by atoms with Gasteiger partial charge in [0.05, 0.1) is 11.3 Å². The molecule has 3 aromatic rings. The van der Waals surface area contributed by atoms with E-state index in [4.69, 9.17) is 5.73 Å². The molecule has 2 aromatic carbocycles. The molecule has 29 heavy (non-hydrogen) atoms. The van der Waals surface area contributed by atoms with Crippen molar-refractivity contribution in [1.29, 1.82) is 0 Å². The van der Waals surface area contributed by atoms with Gasteiger partial charge in [0.25, 0.3) is 5.56 Å². The molecule has 0 fully saturated rings. The second-order valence-electron chi connectivity index (χ2n) is 7.76. The Morgan fingerprint density at radius 3 is 2.38 bits per heavy atom. The molecule has 0 radical (unpaired) electrons. The second-order valence-corrected chi connectivity index (χ2v) is 7.76. The van der Waals surface area contributed by atoms with E-state index in [1.165, 1.54) is 5.56 Å². The lowest BCUT2D eigenvalue weighted by Crippen LogP contribution is -2.28. The van der Waals surface area contributed by atoms with Crippen LogP contribution in [-0.4, -0.2) is 15.8 Å². The summed E-state index contributed by atoms with van der Waals surface area (Å²) in [4.78, 5) is 33.1. The van der Waals surface area contributed by atoms with Crippen molar-refractivity contribution >= 4 is 23.2 Å². The number of fused-ring (bicyclic) bond motifs is 3. The zero-order valence-electron chi connectivity index (χ0n) is 16.1. The highest BCUT2D eigenvalue weighted by Crippen LogP contribution is 2.47. The van der Waals surface area contributed by atoms with Crippen molar-refractivity contribution in [2.24, 2.45) is 0 Å². The van der Waals surface area contributed by atoms with Gasteiger partial charge in [-0.05, 0) is 17.0 Å². The van der Waals surface area contributed by atoms with Gasteiger partial charge in [-0.15, -0.1) is 0 Å². The maximum Gasteiger partial charge on any atom is 0.258 e. The molecule has 1 aliphatic carbocycles. The number of H-pyrrole nitrogens is 1. The van der Waals surface area contributed by atoms with Crippen LogP contribution in [0, 0.1) is 0 Å². The van der Waals surface area contributed by atoms with Gasteiger partial charge in [0.15, 0.2) is 5.78 Å². The molecule has 6 heteroatoms. The quantitative estimate of drug-likeness (QED) is 0.626. The molecule has 4 N–H and O–H groups in total. The van der Waals surface area contributed by atoms with Gasteiger partial charge >= 0.3 is 0 Å². The van der Waals surface area contributed by atoms with E-state index in [-0.39, 0.29) is 17.3 Å². The lowest BCUT2D eigenvalue weighted by Gasteiger charge is -2.27. The molecule has 1 aromatic heterocycles. The number of carbonyl (C=O) groups excluding carboxylic acids is 1. The Morgan fingerprint density at radius 1 is 1.00 bits per heavy atom. The van der Waals surface area contributed by atoms with Crippen LogP contribution in [0.5, 0.6) is 0 Å². The highest BCUT2D eigenvalue weighted by atomic mass is 16.1. The number of aromatic nitrogens is 2. The summed E-state index contributed by atoms with van der Waals surface area (Å²) in [5, 5.41) is 3.20. The molecular weight excluding hydrogens is 364 g/mol. The minimum absolute atomic E-state index is 0.0387. The molecule has 144 valence electrons. The average Bonchev–Trinajstić information content (AvgIpc) is 2.99. The SMILES string of the molecule is CC(C)c1ccc([C@H]2C3=C(Nc4nc(N)[nH]c(=O)c42)c2ccccc2C3=O)cc1. The van der Waals surface area contributed by atoms with Gasteiger partial charge in [-0.25, -0.2) is 0 Å². The van der Waals surface area contributed by atoms with Gasteiger partial charge < -0.3 is 11.1 Å². The highest BCUT2D eigenvalue weighted by molar-refractivity contribution is 6.23. The third-order valence-electron chi connectivity index (χ3n) is 5.69. The number of anilines is 2. The summed E-state index contributed by atoms with van der Waals surface area (Å²) < 4.78 is 0. The largest absolute Gasteiger partial charge is 0.369 e. The molecule has 0 saturated carbocycles. The monoisotopic (exact) mass is 384 g/mol. The Kier molecular flexibility index (Phi) is 3.71. The van der Waals surface area contributed by atoms with Crippen molar-refractivity contribution in [3.63, 3.8) is 0 Å². The number of carbonyl (C=O) groups is 1. The normalized spacial score (nSPS) is 17.1. The number of nitrogens with zero attached hydrogens (tertiary/aromatic N) is 1. The van der Waals surface area contributed by atoms with Crippen LogP contribution in [0.1, 0.15) is 58.3 Å². The van der Waals surface area contributed by atoms with E-state index in [9.17, 15) is 9.59 Å². The van der Waals surface area contributed by atoms with E-state index in [1.54, 1.807) is 0 Å². The van der Waals surface area contributed by atoms with Gasteiger partial charge in [0.1, 0.15) is 5.82 Å². The van der Waals surface area contributed by atoms with E-state index in [0.717, 1.165) is 11.1 Å². The Balaban J connectivity index is 1.77. The number of nitrogens with two attached hydrogens (primary N) is 1. The van der Waals surface area contributed by atoms with Crippen molar-refractivity contribution in [1.82, 2.24) is 9.97 Å². The zero-order chi connectivity index (χ0) is 20.3. The van der Waals surface area contributed by atoms with Crippen molar-refractivity contribution < 1.29 is 4.79 Å². The fraction of sp³-hybridized carbons (Fsp3) is 0.174. The summed E-state index contributed by atoms with van der Waals surface area (Å²) in [5.74, 6) is 0.243. The molecule has 0 spiro atoms. The predicted octanol–water partition coefficient (Wildman–Crippen LogP) is 3.64. The van der Waals surface area contributed by atoms with Crippen LogP contribution in [0.25, 0.3) is 5.70 Å². The van der Waals surface area contributed by atoms with Crippen LogP contribution in [0.4, 0.5) is 11.8 Å². The number of ketones is 1. The van der Waals surface area contributed by atoms with Crippen molar-refractivity contribution in [3.8, 4) is 0 Å². The molecule has 6 nitrogen and oxygen atoms in total. The van der Waals surface area contributed by atoms with Gasteiger partial charge in [0, 0.05) is 22.6 Å². The summed E-state index contributed by atoms with van der Waals surface area (Å²) >= 11 is 0. The van der Waals surface area contributed by atoms with E-state index < -0.39 is 5.92 Å². The third kappa shape index (κ3) is 2.52. The third-order valence-corrected chi connectivity index (χ3v) is 5.69. The van der Waals surface area contributed by atoms with Gasteiger partial charge in [-0.1, -0.05) is 62.4 Å². The first-order valence-corrected chi connectivity index (χ1v) is 9.60. The van der Waals surface area contributed by atoms with E-state index >= 15 is 0 Å². The van der Waals surface area contributed by atoms with Crippen molar-refractivity contribution in [2.45, 2.75) is 25.7 Å². The first-order chi connectivity index (χ1) is 14.0. The number of benzene rings is 2. The maximum absolute atomic E-state index is 13.3. The molecule has 2 heterocycles. The van der Waals surface area contributed by atoms with Crippen LogP contribution in [-0.2, 0) is 0 Å². The first-order valence-electron chi connectivity index (χ1n) is 9.60. The Labute approximate surface area is 167 Å². The van der Waals surface area contributed by atoms with Crippen molar-refractivity contribution in [3.05, 3.63) is 92.3 Å². The van der Waals surface area contributed by atoms with Crippen LogP contribution in [0.15, 0.2) is 58.9 Å². The molecule has 1 aliphatic heterocycles. The predicted molar refractivity (Wildman–Crippen MR) is 113 cm³/mol. The smallest absolute Gasteiger partial charge is 0.258 e. The number of hydrogen-bond donors (Lipinski definition) is 3. The van der Waals surface area contributed by atoms with E-state index in [0.29, 0.717) is 34.1 Å². The summed E-state index contributed by atoms with van der Waals surface area (Å²) in [5.41, 5.74) is 10.7. The summed E-state index contributed by atoms with van der Waals surface area (Å²) in [6.45, 7) is 4.26. The zero-order valence-corrected chi connectivity index (χ0v) is 16.1. The molecule has 0 bridgehead atoms. The Hall–Kier alpha value is -3.67. The molecule has 5 rings (SSSR count). The Morgan fingerprint density at radius 2 is 1.69 bits per heavy atom. The second kappa shape index (κ2) is 6.17. The molecule has 1 atom stereocenters. The van der Waals surface area contributed by atoms with E-state index in [2.05, 4.69) is 29.1 Å². The van der Waals surface area contributed by atoms with Crippen LogP contribution in [0.2, 0.25) is 0 Å². The molecule has 0 amide bonds. The summed E-state index contributed by atoms with van der Waals surface area (Å²) in [7, 11) is 0. The van der Waals surface area contributed by atoms with Crippen LogP contribution in [0.3, 0.4) is 0 Å². The standard InChI is InChI=1S/C23H20N4O2/c1-11(2)12-7-9-13(10-8-12)16-17-19(14-5-3-4-6-15(14)20(17)28)25-21-18(16)22(29)27-23(24)26-21/h3-11,16H,1-2H3,(H4,24,25,26,27,29)/t16-/m0/s1. The summed E-state index contributed by atoms with van der Waals surface area (Å²) in [6.07, 6.45) is 0. The molecule has 0 saturated heterocycles. The van der Waals surface area contributed by atoms with Gasteiger partial charge in [0.2, 0.25) is 5.95 Å². The molecule has 0 unspecified atom stereocenters. The fourth-order valence-electron chi connectivity index (χ4n) is 4.25. The number of allylic oxidation sites excluding steroid dienone is 1. The minimum Gasteiger partial charge on any atom is -0.369 e. The number of Topliss-reactive ketones (excluding diaryl/α,β-unsaturated/α-hetero) is 1. The lowest BCUT2D eigenvalue weighted by atomic mass is 9.81. The van der Waals surface area contributed by atoms with Gasteiger partial charge in [-0.2, -0.15) is 4.98 Å². The number of rotatable bonds is 2. The topological polar surface area (TPSA) is 101 Å². The first kappa shape index (κ1) is 17.4. The van der Waals surface area contributed by atoms with E-state index in [1.807, 2.05) is 48.5 Å². The number of nitrogens with one attached hydrogen (secondary N) is 2. The average molecular weight is 384 g/mol. The Bertz CT molecular complexity index is 1250. The maximum atomic E-state index is 13.3. The number of nitrogen functional groups attached to an aromatic ring is 1. The summed E-state index contributed by atoms with van der Waals surface area (Å²) in [6, 6.07) is 15.5. The van der Waals surface area contributed by atoms with Gasteiger partial charge in [-0.3, -0.25) is 14.6 Å². The van der Waals surface area contributed by atoms with Crippen LogP contribution >= 0.6 is 0 Å². The number of hydrogen-bond acceptors (Lipinski definition) is 5. The molecular formula is C23H20N4O2. The van der Waals surface area contributed by atoms with Crippen LogP contribution < -0.4 is 16.6 Å². The fourth-order valence-corrected chi connectivity index (χ4v) is 4.25. The number of aromatic amines is 1. The van der Waals surface area contributed by atoms with Crippen molar-refractivity contribution in [2.75, 3.05) is 11.1 Å². The minimum atomic E-state index is -0.515. The highest BCUT2D eigenvalue weighted by Gasteiger charge is 2.41. The lowest BCUT2D eigenvalue weighted by molar-refractivity contribution is 0.103.